The van der Waals surface area contributed by atoms with E-state index in [4.69, 9.17) is 5.73 Å². The molecule has 1 aromatic heterocycles. The zero-order chi connectivity index (χ0) is 12.1. The molecule has 0 spiro atoms. The fraction of sp³-hybridized carbons (Fsp3) is 0.643. The van der Waals surface area contributed by atoms with E-state index in [1.165, 1.54) is 38.5 Å². The number of pyridine rings is 1. The minimum Gasteiger partial charge on any atom is -0.357 e. The van der Waals surface area contributed by atoms with Gasteiger partial charge in [-0.2, -0.15) is 0 Å². The summed E-state index contributed by atoms with van der Waals surface area (Å²) in [4.78, 5) is 6.84. The molecule has 1 heterocycles. The van der Waals surface area contributed by atoms with Gasteiger partial charge in [0.25, 0.3) is 0 Å². The van der Waals surface area contributed by atoms with Gasteiger partial charge in [0.1, 0.15) is 5.82 Å². The highest BCUT2D eigenvalue weighted by Gasteiger charge is 2.17. The fourth-order valence-electron chi connectivity index (χ4n) is 2.58. The molecule has 0 amide bonds. The van der Waals surface area contributed by atoms with Crippen molar-refractivity contribution in [1.82, 2.24) is 4.98 Å². The fourth-order valence-corrected chi connectivity index (χ4v) is 2.58. The summed E-state index contributed by atoms with van der Waals surface area (Å²) in [6.07, 6.45) is 10.00. The zero-order valence-corrected chi connectivity index (χ0v) is 10.7. The van der Waals surface area contributed by atoms with Crippen molar-refractivity contribution >= 4 is 5.82 Å². The Morgan fingerprint density at radius 2 is 1.94 bits per heavy atom. The van der Waals surface area contributed by atoms with E-state index in [-0.39, 0.29) is 0 Å². The van der Waals surface area contributed by atoms with E-state index >= 15 is 0 Å². The SMILES string of the molecule is CN(c1ccc(CN)cn1)C1CCCCCC1. The summed E-state index contributed by atoms with van der Waals surface area (Å²) in [7, 11) is 2.17. The molecule has 1 aromatic rings. The minimum atomic E-state index is 0.570. The van der Waals surface area contributed by atoms with Gasteiger partial charge < -0.3 is 10.6 Å². The third kappa shape index (κ3) is 3.19. The highest BCUT2D eigenvalue weighted by atomic mass is 15.2. The van der Waals surface area contributed by atoms with Crippen LogP contribution in [-0.4, -0.2) is 18.1 Å². The lowest BCUT2D eigenvalue weighted by Gasteiger charge is -2.28. The largest absolute Gasteiger partial charge is 0.357 e. The maximum absolute atomic E-state index is 5.59. The van der Waals surface area contributed by atoms with Crippen LogP contribution in [-0.2, 0) is 6.54 Å². The van der Waals surface area contributed by atoms with Gasteiger partial charge in [-0.3, -0.25) is 0 Å². The van der Waals surface area contributed by atoms with Crippen molar-refractivity contribution in [3.8, 4) is 0 Å². The first kappa shape index (κ1) is 12.4. The molecule has 0 atom stereocenters. The van der Waals surface area contributed by atoms with E-state index in [0.717, 1.165) is 11.4 Å². The van der Waals surface area contributed by atoms with E-state index in [1.807, 2.05) is 6.20 Å². The lowest BCUT2D eigenvalue weighted by molar-refractivity contribution is 0.549. The van der Waals surface area contributed by atoms with Crippen molar-refractivity contribution < 1.29 is 0 Å². The summed E-state index contributed by atoms with van der Waals surface area (Å²) in [6, 6.07) is 4.83. The molecule has 1 saturated carbocycles. The van der Waals surface area contributed by atoms with Gasteiger partial charge in [-0.05, 0) is 24.5 Å². The molecule has 1 aliphatic rings. The van der Waals surface area contributed by atoms with Gasteiger partial charge in [-0.15, -0.1) is 0 Å². The van der Waals surface area contributed by atoms with Crippen molar-refractivity contribution in [3.05, 3.63) is 23.9 Å². The Hall–Kier alpha value is -1.09. The van der Waals surface area contributed by atoms with Gasteiger partial charge in [-0.1, -0.05) is 31.7 Å². The molecule has 0 bridgehead atoms. The molecule has 3 nitrogen and oxygen atoms in total. The summed E-state index contributed by atoms with van der Waals surface area (Å²) >= 11 is 0. The van der Waals surface area contributed by atoms with Gasteiger partial charge in [0.2, 0.25) is 0 Å². The van der Waals surface area contributed by atoms with Crippen molar-refractivity contribution in [3.63, 3.8) is 0 Å². The number of aromatic nitrogens is 1. The van der Waals surface area contributed by atoms with Crippen molar-refractivity contribution in [2.45, 2.75) is 51.1 Å². The number of hydrogen-bond acceptors (Lipinski definition) is 3. The molecule has 94 valence electrons. The summed E-state index contributed by atoms with van der Waals surface area (Å²) in [6.45, 7) is 0.570. The number of anilines is 1. The molecule has 2 rings (SSSR count). The molecule has 3 heteroatoms. The summed E-state index contributed by atoms with van der Waals surface area (Å²) in [5, 5.41) is 0. The topological polar surface area (TPSA) is 42.1 Å². The zero-order valence-electron chi connectivity index (χ0n) is 10.7. The number of hydrogen-bond donors (Lipinski definition) is 1. The molecular weight excluding hydrogens is 210 g/mol. The van der Waals surface area contributed by atoms with Crippen molar-refractivity contribution in [2.24, 2.45) is 5.73 Å². The normalized spacial score (nSPS) is 17.8. The number of rotatable bonds is 3. The number of nitrogens with zero attached hydrogens (tertiary/aromatic N) is 2. The highest BCUT2D eigenvalue weighted by molar-refractivity contribution is 5.39. The maximum atomic E-state index is 5.59. The van der Waals surface area contributed by atoms with Crippen LogP contribution in [0.25, 0.3) is 0 Å². The lowest BCUT2D eigenvalue weighted by Crippen LogP contribution is -2.31. The minimum absolute atomic E-state index is 0.570. The van der Waals surface area contributed by atoms with E-state index in [1.54, 1.807) is 0 Å². The first-order chi connectivity index (χ1) is 8.31. The molecule has 1 fully saturated rings. The second-order valence-electron chi connectivity index (χ2n) is 4.99. The molecule has 0 unspecified atom stereocenters. The predicted octanol–water partition coefficient (Wildman–Crippen LogP) is 2.70. The van der Waals surface area contributed by atoms with E-state index in [0.29, 0.717) is 12.6 Å². The quantitative estimate of drug-likeness (QED) is 0.816. The second kappa shape index (κ2) is 6.01. The highest BCUT2D eigenvalue weighted by Crippen LogP contribution is 2.24. The molecule has 2 N–H and O–H groups in total. The van der Waals surface area contributed by atoms with E-state index in [2.05, 4.69) is 29.1 Å². The van der Waals surface area contributed by atoms with Crippen LogP contribution in [0.2, 0.25) is 0 Å². The van der Waals surface area contributed by atoms with Gasteiger partial charge in [0.15, 0.2) is 0 Å². The first-order valence-electron chi connectivity index (χ1n) is 6.69. The molecule has 17 heavy (non-hydrogen) atoms. The van der Waals surface area contributed by atoms with E-state index in [9.17, 15) is 0 Å². The molecule has 1 aliphatic carbocycles. The molecular formula is C14H23N3. The molecule has 0 aliphatic heterocycles. The van der Waals surface area contributed by atoms with Gasteiger partial charge in [0, 0.05) is 25.8 Å². The van der Waals surface area contributed by atoms with Gasteiger partial charge >= 0.3 is 0 Å². The van der Waals surface area contributed by atoms with Crippen LogP contribution < -0.4 is 10.6 Å². The van der Waals surface area contributed by atoms with Crippen LogP contribution >= 0.6 is 0 Å². The summed E-state index contributed by atoms with van der Waals surface area (Å²) in [5.41, 5.74) is 6.69. The molecule has 0 saturated heterocycles. The average Bonchev–Trinajstić information content (AvgIpc) is 2.67. The van der Waals surface area contributed by atoms with Crippen LogP contribution in [0.1, 0.15) is 44.1 Å². The maximum Gasteiger partial charge on any atom is 0.128 e. The molecule has 0 aromatic carbocycles. The number of nitrogens with two attached hydrogens (primary N) is 1. The Morgan fingerprint density at radius 3 is 2.47 bits per heavy atom. The Bertz CT molecular complexity index is 326. The standard InChI is InChI=1S/C14H23N3/c1-17(13-6-4-2-3-5-7-13)14-9-8-12(10-15)11-16-14/h8-9,11,13H,2-7,10,15H2,1H3. The van der Waals surface area contributed by atoms with Crippen LogP contribution in [0.15, 0.2) is 18.3 Å². The van der Waals surface area contributed by atoms with Gasteiger partial charge in [0.05, 0.1) is 0 Å². The second-order valence-corrected chi connectivity index (χ2v) is 4.99. The van der Waals surface area contributed by atoms with E-state index < -0.39 is 0 Å². The monoisotopic (exact) mass is 233 g/mol. The summed E-state index contributed by atoms with van der Waals surface area (Å²) in [5.74, 6) is 1.08. The predicted molar refractivity (Wildman–Crippen MR) is 72.0 cm³/mol. The smallest absolute Gasteiger partial charge is 0.128 e. The third-order valence-corrected chi connectivity index (χ3v) is 3.78. The van der Waals surface area contributed by atoms with Crippen LogP contribution in [0.3, 0.4) is 0 Å². The lowest BCUT2D eigenvalue weighted by atomic mass is 10.1. The Morgan fingerprint density at radius 1 is 1.24 bits per heavy atom. The molecule has 0 radical (unpaired) electrons. The Labute approximate surface area is 104 Å². The Kier molecular flexibility index (Phi) is 4.37. The Balaban J connectivity index is 2.03. The van der Waals surface area contributed by atoms with Crippen molar-refractivity contribution in [1.29, 1.82) is 0 Å². The van der Waals surface area contributed by atoms with Gasteiger partial charge in [-0.25, -0.2) is 4.98 Å². The van der Waals surface area contributed by atoms with Crippen LogP contribution in [0.5, 0.6) is 0 Å². The third-order valence-electron chi connectivity index (χ3n) is 3.78. The van der Waals surface area contributed by atoms with Crippen LogP contribution in [0, 0.1) is 0 Å². The van der Waals surface area contributed by atoms with Crippen molar-refractivity contribution in [2.75, 3.05) is 11.9 Å². The van der Waals surface area contributed by atoms with Crippen LogP contribution in [0.4, 0.5) is 5.82 Å². The average molecular weight is 233 g/mol. The first-order valence-corrected chi connectivity index (χ1v) is 6.69. The summed E-state index contributed by atoms with van der Waals surface area (Å²) < 4.78 is 0.